The predicted molar refractivity (Wildman–Crippen MR) is 101 cm³/mol. The first kappa shape index (κ1) is 23.1. The van der Waals surface area contributed by atoms with Crippen LogP contribution in [0.2, 0.25) is 0 Å². The van der Waals surface area contributed by atoms with E-state index in [0.717, 1.165) is 5.56 Å². The Morgan fingerprint density at radius 1 is 1.04 bits per heavy atom. The fourth-order valence-corrected chi connectivity index (χ4v) is 2.56. The third kappa shape index (κ3) is 7.36. The Morgan fingerprint density at radius 2 is 1.64 bits per heavy atom. The normalized spacial score (nSPS) is 15.0. The number of carboxylic acids is 2. The number of rotatable bonds is 11. The summed E-state index contributed by atoms with van der Waals surface area (Å²) in [5.41, 5.74) is 6.30. The average Bonchev–Trinajstić information content (AvgIpc) is 2.64. The van der Waals surface area contributed by atoms with Crippen molar-refractivity contribution in [2.24, 2.45) is 11.7 Å². The van der Waals surface area contributed by atoms with Crippen LogP contribution >= 0.6 is 0 Å². The predicted octanol–water partition coefficient (Wildman–Crippen LogP) is 0.131. The minimum absolute atomic E-state index is 0.102. The molecule has 0 saturated heterocycles. The van der Waals surface area contributed by atoms with E-state index in [9.17, 15) is 24.3 Å². The minimum Gasteiger partial charge on any atom is -0.481 e. The molecule has 0 aliphatic carbocycles. The van der Waals surface area contributed by atoms with Crippen LogP contribution in [-0.2, 0) is 25.6 Å². The van der Waals surface area contributed by atoms with E-state index in [4.69, 9.17) is 10.8 Å². The summed E-state index contributed by atoms with van der Waals surface area (Å²) in [7, 11) is 0. The molecular weight excluding hydrogens is 366 g/mol. The molecule has 9 heteroatoms. The van der Waals surface area contributed by atoms with Gasteiger partial charge < -0.3 is 26.6 Å². The van der Waals surface area contributed by atoms with Gasteiger partial charge in [0.05, 0.1) is 12.5 Å². The number of nitrogens with one attached hydrogen (secondary N) is 2. The third-order valence-corrected chi connectivity index (χ3v) is 4.42. The van der Waals surface area contributed by atoms with E-state index in [1.165, 1.54) is 0 Å². The Bertz CT molecular complexity index is 694. The van der Waals surface area contributed by atoms with Crippen LogP contribution in [0.15, 0.2) is 30.3 Å². The molecule has 0 bridgehead atoms. The molecule has 1 rings (SSSR count). The van der Waals surface area contributed by atoms with Crippen molar-refractivity contribution in [3.05, 3.63) is 35.9 Å². The van der Waals surface area contributed by atoms with Crippen molar-refractivity contribution in [3.63, 3.8) is 0 Å². The molecular formula is C19H27N3O6. The molecule has 1 aromatic carbocycles. The van der Waals surface area contributed by atoms with Crippen LogP contribution in [0.1, 0.15) is 32.3 Å². The van der Waals surface area contributed by atoms with Crippen LogP contribution < -0.4 is 16.4 Å². The standard InChI is InChI=1S/C19H27N3O6/c1-3-11(2)16(19(27)28)22-18(26)14(9-12-7-5-4-6-8-12)21-17(25)13(20)10-15(23)24/h4-8,11,13-14,16H,3,9-10,20H2,1-2H3,(H,21,25)(H,22,26)(H,23,24)(H,27,28)/t11-,13-,14-,16-/m0/s1. The summed E-state index contributed by atoms with van der Waals surface area (Å²) in [5.74, 6) is -4.20. The molecule has 0 fully saturated rings. The van der Waals surface area contributed by atoms with Gasteiger partial charge in [0.15, 0.2) is 0 Å². The lowest BCUT2D eigenvalue weighted by molar-refractivity contribution is -0.144. The quantitative estimate of drug-likeness (QED) is 0.357. The van der Waals surface area contributed by atoms with Gasteiger partial charge in [0.1, 0.15) is 12.1 Å². The van der Waals surface area contributed by atoms with E-state index in [-0.39, 0.29) is 12.3 Å². The number of carbonyl (C=O) groups is 4. The number of amides is 2. The molecule has 0 aromatic heterocycles. The number of aliphatic carboxylic acids is 2. The van der Waals surface area contributed by atoms with Crippen LogP contribution in [0.4, 0.5) is 0 Å². The molecule has 154 valence electrons. The topological polar surface area (TPSA) is 159 Å². The van der Waals surface area contributed by atoms with Crippen molar-refractivity contribution in [1.29, 1.82) is 0 Å². The van der Waals surface area contributed by atoms with Gasteiger partial charge in [-0.25, -0.2) is 4.79 Å². The van der Waals surface area contributed by atoms with Crippen molar-refractivity contribution < 1.29 is 29.4 Å². The smallest absolute Gasteiger partial charge is 0.326 e. The fraction of sp³-hybridized carbons (Fsp3) is 0.474. The van der Waals surface area contributed by atoms with Crippen LogP contribution in [0.5, 0.6) is 0 Å². The summed E-state index contributed by atoms with van der Waals surface area (Å²) in [4.78, 5) is 47.1. The Hall–Kier alpha value is -2.94. The number of benzene rings is 1. The summed E-state index contributed by atoms with van der Waals surface area (Å²) in [6.45, 7) is 3.51. The first-order chi connectivity index (χ1) is 13.1. The first-order valence-electron chi connectivity index (χ1n) is 9.00. The highest BCUT2D eigenvalue weighted by Gasteiger charge is 2.30. The Kier molecular flexibility index (Phi) is 9.10. The lowest BCUT2D eigenvalue weighted by Gasteiger charge is -2.25. The maximum absolute atomic E-state index is 12.7. The van der Waals surface area contributed by atoms with Crippen molar-refractivity contribution in [2.45, 2.75) is 51.2 Å². The fourth-order valence-electron chi connectivity index (χ4n) is 2.56. The molecule has 0 unspecified atom stereocenters. The van der Waals surface area contributed by atoms with Crippen LogP contribution in [0, 0.1) is 5.92 Å². The molecule has 2 amide bonds. The summed E-state index contributed by atoms with van der Waals surface area (Å²) in [5, 5.41) is 23.1. The van der Waals surface area contributed by atoms with Crippen LogP contribution in [-0.4, -0.2) is 52.1 Å². The lowest BCUT2D eigenvalue weighted by atomic mass is 9.98. The summed E-state index contributed by atoms with van der Waals surface area (Å²) in [6.07, 6.45) is 0.0532. The molecule has 0 saturated carbocycles. The van der Waals surface area contributed by atoms with Gasteiger partial charge in [-0.15, -0.1) is 0 Å². The van der Waals surface area contributed by atoms with Crippen molar-refractivity contribution >= 4 is 23.8 Å². The zero-order chi connectivity index (χ0) is 21.3. The van der Waals surface area contributed by atoms with Gasteiger partial charge >= 0.3 is 11.9 Å². The molecule has 0 radical (unpaired) electrons. The van der Waals surface area contributed by atoms with Crippen molar-refractivity contribution in [2.75, 3.05) is 0 Å². The lowest BCUT2D eigenvalue weighted by Crippen LogP contribution is -2.56. The number of nitrogens with two attached hydrogens (primary N) is 1. The number of hydrogen-bond donors (Lipinski definition) is 5. The Morgan fingerprint density at radius 3 is 2.14 bits per heavy atom. The number of carbonyl (C=O) groups excluding carboxylic acids is 2. The molecule has 28 heavy (non-hydrogen) atoms. The number of hydrogen-bond acceptors (Lipinski definition) is 5. The van der Waals surface area contributed by atoms with Gasteiger partial charge in [-0.1, -0.05) is 50.6 Å². The molecule has 6 N–H and O–H groups in total. The molecule has 1 aromatic rings. The Balaban J connectivity index is 2.98. The van der Waals surface area contributed by atoms with Crippen LogP contribution in [0.25, 0.3) is 0 Å². The van der Waals surface area contributed by atoms with Gasteiger partial charge in [0.25, 0.3) is 0 Å². The van der Waals surface area contributed by atoms with Gasteiger partial charge in [-0.3, -0.25) is 14.4 Å². The third-order valence-electron chi connectivity index (χ3n) is 4.42. The van der Waals surface area contributed by atoms with Gasteiger partial charge in [-0.2, -0.15) is 0 Å². The van der Waals surface area contributed by atoms with Crippen molar-refractivity contribution in [1.82, 2.24) is 10.6 Å². The summed E-state index contributed by atoms with van der Waals surface area (Å²) < 4.78 is 0. The van der Waals surface area contributed by atoms with E-state index >= 15 is 0 Å². The highest BCUT2D eigenvalue weighted by atomic mass is 16.4. The zero-order valence-electron chi connectivity index (χ0n) is 15.9. The molecule has 0 spiro atoms. The largest absolute Gasteiger partial charge is 0.481 e. The molecule has 0 heterocycles. The molecule has 0 aliphatic rings. The second-order valence-electron chi connectivity index (χ2n) is 6.67. The zero-order valence-corrected chi connectivity index (χ0v) is 15.9. The van der Waals surface area contributed by atoms with E-state index in [1.54, 1.807) is 44.2 Å². The highest BCUT2D eigenvalue weighted by Crippen LogP contribution is 2.10. The number of carboxylic acid groups (broad SMARTS) is 2. The van der Waals surface area contributed by atoms with Gasteiger partial charge in [0, 0.05) is 6.42 Å². The van der Waals surface area contributed by atoms with Gasteiger partial charge in [-0.05, 0) is 11.5 Å². The monoisotopic (exact) mass is 393 g/mol. The second-order valence-corrected chi connectivity index (χ2v) is 6.67. The summed E-state index contributed by atoms with van der Waals surface area (Å²) >= 11 is 0. The maximum atomic E-state index is 12.7. The van der Waals surface area contributed by atoms with Crippen LogP contribution in [0.3, 0.4) is 0 Å². The highest BCUT2D eigenvalue weighted by molar-refractivity contribution is 5.93. The molecule has 0 aliphatic heterocycles. The van der Waals surface area contributed by atoms with E-state index in [2.05, 4.69) is 10.6 Å². The molecule has 9 nitrogen and oxygen atoms in total. The van der Waals surface area contributed by atoms with E-state index in [0.29, 0.717) is 6.42 Å². The van der Waals surface area contributed by atoms with E-state index in [1.807, 2.05) is 0 Å². The Labute approximate surface area is 163 Å². The maximum Gasteiger partial charge on any atom is 0.326 e. The molecule has 4 atom stereocenters. The summed E-state index contributed by atoms with van der Waals surface area (Å²) in [6, 6.07) is 5.31. The van der Waals surface area contributed by atoms with E-state index < -0.39 is 48.3 Å². The SMILES string of the molecule is CC[C@H](C)[C@H](NC(=O)[C@H](Cc1ccccc1)NC(=O)[C@@H](N)CC(=O)O)C(=O)O. The van der Waals surface area contributed by atoms with Crippen molar-refractivity contribution in [3.8, 4) is 0 Å². The van der Waals surface area contributed by atoms with Gasteiger partial charge in [0.2, 0.25) is 11.8 Å². The first-order valence-corrected chi connectivity index (χ1v) is 9.00. The second kappa shape index (κ2) is 11.0. The minimum atomic E-state index is -1.33. The average molecular weight is 393 g/mol.